The van der Waals surface area contributed by atoms with Gasteiger partial charge in [0.1, 0.15) is 5.72 Å². The molecule has 0 aliphatic heterocycles. The molecule has 3 atom stereocenters. The van der Waals surface area contributed by atoms with Crippen LogP contribution in [0.5, 0.6) is 0 Å². The molecule has 0 spiro atoms. The van der Waals surface area contributed by atoms with E-state index >= 15 is 0 Å². The van der Waals surface area contributed by atoms with Crippen molar-refractivity contribution in [2.75, 3.05) is 20.2 Å². The van der Waals surface area contributed by atoms with E-state index in [0.29, 0.717) is 0 Å². The van der Waals surface area contributed by atoms with E-state index in [1.54, 1.807) is 0 Å². The molecule has 0 bridgehead atoms. The van der Waals surface area contributed by atoms with Crippen molar-refractivity contribution in [3.63, 3.8) is 0 Å². The van der Waals surface area contributed by atoms with E-state index in [1.165, 1.54) is 19.3 Å². The average Bonchev–Trinajstić information content (AvgIpc) is 2.58. The quantitative estimate of drug-likeness (QED) is 0.619. The molecule has 0 heterocycles. The molecule has 2 saturated carbocycles. The Morgan fingerprint density at radius 1 is 1.23 bits per heavy atom. The average molecular weight is 183 g/mol. The van der Waals surface area contributed by atoms with Gasteiger partial charge in [-0.15, -0.1) is 0 Å². The molecule has 76 valence electrons. The summed E-state index contributed by atoms with van der Waals surface area (Å²) in [5, 5.41) is 0. The molecule has 13 heavy (non-hydrogen) atoms. The van der Waals surface area contributed by atoms with Gasteiger partial charge in [0.25, 0.3) is 0 Å². The Labute approximate surface area is 81.3 Å². The zero-order chi connectivity index (χ0) is 9.47. The smallest absolute Gasteiger partial charge is 0.127 e. The van der Waals surface area contributed by atoms with Crippen LogP contribution in [-0.2, 0) is 4.74 Å². The Bertz CT molecular complexity index is 179. The monoisotopic (exact) mass is 183 g/mol. The molecule has 0 N–H and O–H groups in total. The summed E-state index contributed by atoms with van der Waals surface area (Å²) in [5.74, 6) is 1.69. The molecule has 0 radical (unpaired) electrons. The van der Waals surface area contributed by atoms with E-state index in [1.807, 2.05) is 7.11 Å². The van der Waals surface area contributed by atoms with Crippen molar-refractivity contribution in [2.45, 2.75) is 38.8 Å². The number of nitrogens with zero attached hydrogens (tertiary/aromatic N) is 1. The number of hydrogen-bond donors (Lipinski definition) is 0. The SMILES string of the molecule is CCN(CC)C1(OC)[C@@H]2CCC[C@@H]21. The molecule has 2 heteroatoms. The molecule has 0 aromatic heterocycles. The molecule has 0 saturated heterocycles. The molecule has 2 nitrogen and oxygen atoms in total. The van der Waals surface area contributed by atoms with Gasteiger partial charge in [-0.05, 0) is 25.9 Å². The van der Waals surface area contributed by atoms with E-state index < -0.39 is 0 Å². The largest absolute Gasteiger partial charge is 0.363 e. The summed E-state index contributed by atoms with van der Waals surface area (Å²) in [6, 6.07) is 0. The van der Waals surface area contributed by atoms with Crippen LogP contribution in [0.4, 0.5) is 0 Å². The van der Waals surface area contributed by atoms with Crippen LogP contribution in [0.25, 0.3) is 0 Å². The molecular weight excluding hydrogens is 162 g/mol. The molecule has 1 unspecified atom stereocenters. The Kier molecular flexibility index (Phi) is 2.37. The van der Waals surface area contributed by atoms with Gasteiger partial charge in [-0.2, -0.15) is 0 Å². The van der Waals surface area contributed by atoms with Crippen LogP contribution in [0.2, 0.25) is 0 Å². The van der Waals surface area contributed by atoms with E-state index in [0.717, 1.165) is 24.9 Å². The van der Waals surface area contributed by atoms with Crippen molar-refractivity contribution in [2.24, 2.45) is 11.8 Å². The third kappa shape index (κ3) is 1.08. The van der Waals surface area contributed by atoms with Gasteiger partial charge >= 0.3 is 0 Å². The van der Waals surface area contributed by atoms with Crippen molar-refractivity contribution in [3.8, 4) is 0 Å². The number of ether oxygens (including phenoxy) is 1. The minimum Gasteiger partial charge on any atom is -0.363 e. The summed E-state index contributed by atoms with van der Waals surface area (Å²) in [6.07, 6.45) is 4.19. The summed E-state index contributed by atoms with van der Waals surface area (Å²) in [5.41, 5.74) is 0.155. The van der Waals surface area contributed by atoms with Crippen molar-refractivity contribution in [1.29, 1.82) is 0 Å². The van der Waals surface area contributed by atoms with Gasteiger partial charge in [0.15, 0.2) is 0 Å². The molecule has 0 aromatic rings. The Balaban J connectivity index is 2.09. The zero-order valence-electron chi connectivity index (χ0n) is 9.05. The van der Waals surface area contributed by atoms with E-state index in [4.69, 9.17) is 4.74 Å². The standard InChI is InChI=1S/C11H21NO/c1-4-12(5-2)11(13-3)9-7-6-8-10(9)11/h9-10H,4-8H2,1-3H3/t9-,10+,11?. The molecule has 0 aromatic carbocycles. The summed E-state index contributed by atoms with van der Waals surface area (Å²) < 4.78 is 5.79. The lowest BCUT2D eigenvalue weighted by Crippen LogP contribution is -2.42. The second-order valence-corrected chi connectivity index (χ2v) is 4.27. The Morgan fingerprint density at radius 3 is 2.15 bits per heavy atom. The first-order valence-electron chi connectivity index (χ1n) is 5.61. The van der Waals surface area contributed by atoms with Crippen LogP contribution >= 0.6 is 0 Å². The summed E-state index contributed by atoms with van der Waals surface area (Å²) in [4.78, 5) is 2.50. The fourth-order valence-corrected chi connectivity index (χ4v) is 3.48. The second-order valence-electron chi connectivity index (χ2n) is 4.27. The van der Waals surface area contributed by atoms with Gasteiger partial charge in [0.2, 0.25) is 0 Å². The maximum atomic E-state index is 5.79. The fraction of sp³-hybridized carbons (Fsp3) is 1.00. The zero-order valence-corrected chi connectivity index (χ0v) is 9.05. The van der Waals surface area contributed by atoms with Crippen molar-refractivity contribution in [1.82, 2.24) is 4.90 Å². The highest BCUT2D eigenvalue weighted by molar-refractivity contribution is 5.15. The first-order chi connectivity index (χ1) is 6.31. The molecular formula is C11H21NO. The van der Waals surface area contributed by atoms with E-state index in [9.17, 15) is 0 Å². The topological polar surface area (TPSA) is 12.5 Å². The number of methoxy groups -OCH3 is 1. The predicted molar refractivity (Wildman–Crippen MR) is 53.5 cm³/mol. The normalized spacial score (nSPS) is 42.5. The summed E-state index contributed by atoms with van der Waals surface area (Å²) in [6.45, 7) is 6.71. The van der Waals surface area contributed by atoms with Gasteiger partial charge < -0.3 is 4.74 Å². The lowest BCUT2D eigenvalue weighted by atomic mass is 10.1. The minimum absolute atomic E-state index is 0.155. The van der Waals surface area contributed by atoms with Crippen LogP contribution < -0.4 is 0 Å². The Hall–Kier alpha value is -0.0800. The minimum atomic E-state index is 0.155. The van der Waals surface area contributed by atoms with Crippen LogP contribution in [0.3, 0.4) is 0 Å². The predicted octanol–water partition coefficient (Wildman–Crippen LogP) is 2.10. The molecule has 2 fully saturated rings. The van der Waals surface area contributed by atoms with Gasteiger partial charge in [-0.3, -0.25) is 4.90 Å². The molecule has 0 amide bonds. The third-order valence-electron chi connectivity index (χ3n) is 4.05. The second kappa shape index (κ2) is 3.25. The van der Waals surface area contributed by atoms with E-state index in [2.05, 4.69) is 18.7 Å². The maximum absolute atomic E-state index is 5.79. The first-order valence-corrected chi connectivity index (χ1v) is 5.61. The van der Waals surface area contributed by atoms with E-state index in [-0.39, 0.29) is 5.72 Å². The van der Waals surface area contributed by atoms with Gasteiger partial charge in [-0.25, -0.2) is 0 Å². The maximum Gasteiger partial charge on any atom is 0.127 e. The van der Waals surface area contributed by atoms with Gasteiger partial charge in [-0.1, -0.05) is 20.3 Å². The summed E-state index contributed by atoms with van der Waals surface area (Å²) >= 11 is 0. The number of hydrogen-bond acceptors (Lipinski definition) is 2. The van der Waals surface area contributed by atoms with Gasteiger partial charge in [0, 0.05) is 18.9 Å². The van der Waals surface area contributed by atoms with Crippen LogP contribution in [0, 0.1) is 11.8 Å². The van der Waals surface area contributed by atoms with Gasteiger partial charge in [0.05, 0.1) is 0 Å². The number of rotatable bonds is 4. The molecule has 2 aliphatic rings. The lowest BCUT2D eigenvalue weighted by molar-refractivity contribution is -0.0799. The highest BCUT2D eigenvalue weighted by Crippen LogP contribution is 2.63. The van der Waals surface area contributed by atoms with Crippen molar-refractivity contribution < 1.29 is 4.74 Å². The number of fused-ring (bicyclic) bond motifs is 1. The summed E-state index contributed by atoms with van der Waals surface area (Å²) in [7, 11) is 1.89. The van der Waals surface area contributed by atoms with Crippen LogP contribution in [0.1, 0.15) is 33.1 Å². The first kappa shape index (κ1) is 9.47. The lowest BCUT2D eigenvalue weighted by Gasteiger charge is -2.32. The molecule has 2 aliphatic carbocycles. The van der Waals surface area contributed by atoms with Crippen LogP contribution in [0.15, 0.2) is 0 Å². The molecule has 2 rings (SSSR count). The highest BCUT2D eigenvalue weighted by atomic mass is 16.5. The van der Waals surface area contributed by atoms with Crippen LogP contribution in [-0.4, -0.2) is 30.8 Å². The van der Waals surface area contributed by atoms with Crippen molar-refractivity contribution in [3.05, 3.63) is 0 Å². The fourth-order valence-electron chi connectivity index (χ4n) is 3.48. The third-order valence-corrected chi connectivity index (χ3v) is 4.05. The van der Waals surface area contributed by atoms with Crippen molar-refractivity contribution >= 4 is 0 Å². The highest BCUT2D eigenvalue weighted by Gasteiger charge is 2.69. The Morgan fingerprint density at radius 2 is 1.77 bits per heavy atom.